The van der Waals surface area contributed by atoms with Gasteiger partial charge in [-0.05, 0) is 5.56 Å². The van der Waals surface area contributed by atoms with E-state index in [4.69, 9.17) is 12.2 Å². The molecule has 4 heteroatoms. The van der Waals surface area contributed by atoms with Crippen LogP contribution in [0.3, 0.4) is 0 Å². The first-order valence-electron chi connectivity index (χ1n) is 4.96. The quantitative estimate of drug-likeness (QED) is 0.768. The van der Waals surface area contributed by atoms with Crippen LogP contribution in [-0.2, 0) is 4.79 Å². The molecule has 1 aliphatic heterocycles. The van der Waals surface area contributed by atoms with E-state index in [1.165, 1.54) is 11.8 Å². The topological polar surface area (TPSA) is 20.3 Å². The molecule has 2 nitrogen and oxygen atoms in total. The van der Waals surface area contributed by atoms with Crippen LogP contribution in [0.25, 0.3) is 6.08 Å². The lowest BCUT2D eigenvalue weighted by atomic mass is 10.2. The van der Waals surface area contributed by atoms with Gasteiger partial charge in [0.2, 0.25) is 5.91 Å². The van der Waals surface area contributed by atoms with Gasteiger partial charge in [0.15, 0.2) is 0 Å². The highest BCUT2D eigenvalue weighted by Gasteiger charge is 2.24. The normalized spacial score (nSPS) is 16.4. The third-order valence-electron chi connectivity index (χ3n) is 2.24. The van der Waals surface area contributed by atoms with Gasteiger partial charge in [-0.3, -0.25) is 9.69 Å². The van der Waals surface area contributed by atoms with Crippen LogP contribution in [0.15, 0.2) is 36.4 Å². The second-order valence-electron chi connectivity index (χ2n) is 3.37. The summed E-state index contributed by atoms with van der Waals surface area (Å²) in [5, 5.41) is 0. The Morgan fingerprint density at radius 2 is 2.12 bits per heavy atom. The highest BCUT2D eigenvalue weighted by molar-refractivity contribution is 8.23. The zero-order valence-electron chi connectivity index (χ0n) is 8.63. The summed E-state index contributed by atoms with van der Waals surface area (Å²) in [4.78, 5) is 13.0. The van der Waals surface area contributed by atoms with Gasteiger partial charge >= 0.3 is 0 Å². The number of thiocarbonyl (C=S) groups is 1. The maximum absolute atomic E-state index is 11.4. The zero-order valence-corrected chi connectivity index (χ0v) is 10.3. The van der Waals surface area contributed by atoms with E-state index in [2.05, 4.69) is 0 Å². The molecule has 82 valence electrons. The Kier molecular flexibility index (Phi) is 3.74. The fourth-order valence-electron chi connectivity index (χ4n) is 1.42. The van der Waals surface area contributed by atoms with Crippen LogP contribution in [0.1, 0.15) is 5.56 Å². The van der Waals surface area contributed by atoms with E-state index >= 15 is 0 Å². The van der Waals surface area contributed by atoms with Crippen LogP contribution in [0.5, 0.6) is 0 Å². The first kappa shape index (κ1) is 11.4. The van der Waals surface area contributed by atoms with Crippen LogP contribution in [0, 0.1) is 0 Å². The smallest absolute Gasteiger partial charge is 0.238 e. The lowest BCUT2D eigenvalue weighted by Gasteiger charge is -2.11. The van der Waals surface area contributed by atoms with Crippen molar-refractivity contribution in [2.75, 3.05) is 12.3 Å². The van der Waals surface area contributed by atoms with Crippen LogP contribution in [0.2, 0.25) is 0 Å². The lowest BCUT2D eigenvalue weighted by Crippen LogP contribution is -2.28. The molecular weight excluding hydrogens is 238 g/mol. The van der Waals surface area contributed by atoms with Crippen molar-refractivity contribution in [1.82, 2.24) is 4.90 Å². The number of carbonyl (C=O) groups excluding carboxylic acids is 1. The van der Waals surface area contributed by atoms with Crippen molar-refractivity contribution in [1.29, 1.82) is 0 Å². The summed E-state index contributed by atoms with van der Waals surface area (Å²) in [6.07, 6.45) is 3.96. The monoisotopic (exact) mass is 249 g/mol. The maximum atomic E-state index is 11.4. The summed E-state index contributed by atoms with van der Waals surface area (Å²) in [6.45, 7) is 0.569. The van der Waals surface area contributed by atoms with Crippen LogP contribution < -0.4 is 0 Å². The molecule has 0 unspecified atom stereocenters. The molecule has 1 saturated heterocycles. The summed E-state index contributed by atoms with van der Waals surface area (Å²) < 4.78 is 0.683. The Morgan fingerprint density at radius 3 is 2.75 bits per heavy atom. The number of thioether (sulfide) groups is 1. The largest absolute Gasteiger partial charge is 0.293 e. The van der Waals surface area contributed by atoms with Gasteiger partial charge in [0.25, 0.3) is 0 Å². The van der Waals surface area contributed by atoms with Gasteiger partial charge in [-0.2, -0.15) is 0 Å². The predicted molar refractivity (Wildman–Crippen MR) is 72.2 cm³/mol. The van der Waals surface area contributed by atoms with E-state index in [-0.39, 0.29) is 5.91 Å². The molecule has 1 aromatic rings. The number of hydrogen-bond acceptors (Lipinski definition) is 3. The minimum absolute atomic E-state index is 0.104. The molecular formula is C12H11NOS2. The fraction of sp³-hybridized carbons (Fsp3) is 0.167. The molecule has 1 heterocycles. The third kappa shape index (κ3) is 2.71. The van der Waals surface area contributed by atoms with Crippen LogP contribution in [0.4, 0.5) is 0 Å². The molecule has 16 heavy (non-hydrogen) atoms. The molecule has 1 fully saturated rings. The lowest BCUT2D eigenvalue weighted by molar-refractivity contribution is -0.123. The summed E-state index contributed by atoms with van der Waals surface area (Å²) in [7, 11) is 0. The number of rotatable bonds is 3. The third-order valence-corrected chi connectivity index (χ3v) is 3.67. The Labute approximate surface area is 104 Å². The number of amides is 1. The highest BCUT2D eigenvalue weighted by atomic mass is 32.2. The molecule has 0 aromatic heterocycles. The van der Waals surface area contributed by atoms with Crippen molar-refractivity contribution in [2.45, 2.75) is 0 Å². The minimum Gasteiger partial charge on any atom is -0.293 e. The summed E-state index contributed by atoms with van der Waals surface area (Å²) in [6, 6.07) is 10.0. The van der Waals surface area contributed by atoms with Crippen molar-refractivity contribution in [2.24, 2.45) is 0 Å². The van der Waals surface area contributed by atoms with E-state index in [1.54, 1.807) is 4.90 Å². The number of benzene rings is 1. The van der Waals surface area contributed by atoms with Gasteiger partial charge in [0, 0.05) is 6.54 Å². The fourth-order valence-corrected chi connectivity index (χ4v) is 2.50. The molecule has 0 aliphatic carbocycles. The Hall–Kier alpha value is -1.13. The van der Waals surface area contributed by atoms with E-state index in [9.17, 15) is 4.79 Å². The molecule has 1 aliphatic rings. The summed E-state index contributed by atoms with van der Waals surface area (Å²) in [5.41, 5.74) is 1.13. The Morgan fingerprint density at radius 1 is 1.38 bits per heavy atom. The highest BCUT2D eigenvalue weighted by Crippen LogP contribution is 2.18. The molecule has 1 aromatic carbocycles. The summed E-state index contributed by atoms with van der Waals surface area (Å²) in [5.74, 6) is 0.588. The van der Waals surface area contributed by atoms with Crippen molar-refractivity contribution in [3.8, 4) is 0 Å². The molecule has 0 radical (unpaired) electrons. The zero-order chi connectivity index (χ0) is 11.4. The van der Waals surface area contributed by atoms with Gasteiger partial charge in [0.1, 0.15) is 4.32 Å². The van der Waals surface area contributed by atoms with Crippen molar-refractivity contribution in [3.05, 3.63) is 42.0 Å². The molecule has 2 rings (SSSR count). The number of carbonyl (C=O) groups is 1. The van der Waals surface area contributed by atoms with Crippen molar-refractivity contribution < 1.29 is 4.79 Å². The van der Waals surface area contributed by atoms with Gasteiger partial charge in [-0.15, -0.1) is 0 Å². The second kappa shape index (κ2) is 5.27. The first-order valence-corrected chi connectivity index (χ1v) is 6.35. The standard InChI is InChI=1S/C12H11NOS2/c14-11-9-16-12(15)13(11)8-4-7-10-5-2-1-3-6-10/h1-7H,8-9H2. The molecule has 0 atom stereocenters. The average Bonchev–Trinajstić information content (AvgIpc) is 2.62. The molecule has 0 bridgehead atoms. The van der Waals surface area contributed by atoms with E-state index in [0.29, 0.717) is 16.6 Å². The van der Waals surface area contributed by atoms with Gasteiger partial charge in [0.05, 0.1) is 5.75 Å². The van der Waals surface area contributed by atoms with Crippen molar-refractivity contribution >= 4 is 40.3 Å². The molecule has 0 spiro atoms. The number of nitrogens with zero attached hydrogens (tertiary/aromatic N) is 1. The second-order valence-corrected chi connectivity index (χ2v) is 4.98. The molecule has 0 N–H and O–H groups in total. The Balaban J connectivity index is 1.95. The van der Waals surface area contributed by atoms with Gasteiger partial charge < -0.3 is 0 Å². The minimum atomic E-state index is 0.104. The van der Waals surface area contributed by atoms with Gasteiger partial charge in [-0.25, -0.2) is 0 Å². The average molecular weight is 249 g/mol. The maximum Gasteiger partial charge on any atom is 0.238 e. The predicted octanol–water partition coefficient (Wildman–Crippen LogP) is 2.56. The van der Waals surface area contributed by atoms with Crippen LogP contribution in [-0.4, -0.2) is 27.4 Å². The van der Waals surface area contributed by atoms with E-state index in [1.807, 2.05) is 42.5 Å². The molecule has 0 saturated carbocycles. The van der Waals surface area contributed by atoms with E-state index in [0.717, 1.165) is 5.56 Å². The summed E-state index contributed by atoms with van der Waals surface area (Å²) >= 11 is 6.52. The first-order chi connectivity index (χ1) is 7.77. The Bertz CT molecular complexity index is 412. The number of hydrogen-bond donors (Lipinski definition) is 0. The van der Waals surface area contributed by atoms with Crippen LogP contribution >= 0.6 is 24.0 Å². The van der Waals surface area contributed by atoms with Crippen molar-refractivity contribution in [3.63, 3.8) is 0 Å². The van der Waals surface area contributed by atoms with E-state index < -0.39 is 0 Å². The van der Waals surface area contributed by atoms with Gasteiger partial charge in [-0.1, -0.05) is 66.5 Å². The molecule has 1 amide bonds. The SMILES string of the molecule is O=C1CSC(=S)N1CC=Cc1ccccc1.